The minimum atomic E-state index is -3.91. The Morgan fingerprint density at radius 2 is 1.88 bits per heavy atom. The van der Waals surface area contributed by atoms with Crippen LogP contribution in [-0.2, 0) is 26.0 Å². The number of anilines is 1. The fraction of sp³-hybridized carbons (Fsp3) is 0.381. The second kappa shape index (κ2) is 8.85. The molecule has 1 unspecified atom stereocenters. The molecule has 4 rings (SSSR count). The summed E-state index contributed by atoms with van der Waals surface area (Å²) < 4.78 is 37.7. The first-order valence-electron chi connectivity index (χ1n) is 10.2. The van der Waals surface area contributed by atoms with Crippen molar-refractivity contribution in [3.63, 3.8) is 0 Å². The Morgan fingerprint density at radius 1 is 1.16 bits per heavy atom. The van der Waals surface area contributed by atoms with E-state index in [2.05, 4.69) is 0 Å². The molecule has 10 nitrogen and oxygen atoms in total. The number of carbonyl (C=O) groups is 1. The Hall–Kier alpha value is -3.02. The number of nitro groups is 1. The zero-order valence-corrected chi connectivity index (χ0v) is 18.3. The molecule has 0 spiro atoms. The van der Waals surface area contributed by atoms with Crippen molar-refractivity contribution in [1.29, 1.82) is 0 Å². The van der Waals surface area contributed by atoms with Crippen LogP contribution in [0.2, 0.25) is 0 Å². The number of sulfonamides is 1. The van der Waals surface area contributed by atoms with E-state index in [-0.39, 0.29) is 42.9 Å². The molecule has 1 atom stereocenters. The number of amides is 1. The van der Waals surface area contributed by atoms with E-state index in [0.29, 0.717) is 6.54 Å². The number of rotatable bonds is 6. The first kappa shape index (κ1) is 22.2. The lowest BCUT2D eigenvalue weighted by Crippen LogP contribution is -2.40. The van der Waals surface area contributed by atoms with Gasteiger partial charge in [0, 0.05) is 31.4 Å². The predicted octanol–water partition coefficient (Wildman–Crippen LogP) is 1.97. The molecular weight excluding hydrogens is 438 g/mol. The van der Waals surface area contributed by atoms with Gasteiger partial charge >= 0.3 is 5.69 Å². The van der Waals surface area contributed by atoms with Gasteiger partial charge in [-0.05, 0) is 37.1 Å². The molecule has 2 heterocycles. The molecule has 32 heavy (non-hydrogen) atoms. The maximum Gasteiger partial charge on any atom is 0.312 e. The second-order valence-electron chi connectivity index (χ2n) is 7.53. The number of hydrogen-bond donors (Lipinski definition) is 0. The van der Waals surface area contributed by atoms with Gasteiger partial charge in [-0.15, -0.1) is 0 Å². The molecule has 1 amide bonds. The van der Waals surface area contributed by atoms with Crippen LogP contribution in [-0.4, -0.2) is 62.5 Å². The van der Waals surface area contributed by atoms with Gasteiger partial charge in [-0.25, -0.2) is 8.42 Å². The SMILES string of the molecule is CC(Oc1ccc(S(=O)(=O)N2CCOCC2)cc1[N+](=O)[O-])C(=O)N1CCc2ccccc21. The van der Waals surface area contributed by atoms with E-state index in [1.165, 1.54) is 23.4 Å². The number of nitro benzene ring substituents is 1. The molecular formula is C21H23N3O7S. The maximum absolute atomic E-state index is 12.9. The Balaban J connectivity index is 1.56. The lowest BCUT2D eigenvalue weighted by Gasteiger charge is -2.26. The van der Waals surface area contributed by atoms with Gasteiger partial charge in [0.2, 0.25) is 10.0 Å². The van der Waals surface area contributed by atoms with Gasteiger partial charge in [-0.2, -0.15) is 4.31 Å². The smallest absolute Gasteiger partial charge is 0.312 e. The van der Waals surface area contributed by atoms with Crippen molar-refractivity contribution in [2.75, 3.05) is 37.7 Å². The van der Waals surface area contributed by atoms with Gasteiger partial charge in [0.05, 0.1) is 23.0 Å². The lowest BCUT2D eigenvalue weighted by atomic mass is 10.2. The van der Waals surface area contributed by atoms with Crippen molar-refractivity contribution >= 4 is 27.3 Å². The van der Waals surface area contributed by atoms with Gasteiger partial charge in [-0.1, -0.05) is 18.2 Å². The van der Waals surface area contributed by atoms with Crippen LogP contribution in [0.3, 0.4) is 0 Å². The van der Waals surface area contributed by atoms with E-state index in [0.717, 1.165) is 23.7 Å². The van der Waals surface area contributed by atoms with Gasteiger partial charge < -0.3 is 14.4 Å². The summed E-state index contributed by atoms with van der Waals surface area (Å²) >= 11 is 0. The van der Waals surface area contributed by atoms with Crippen LogP contribution in [0.1, 0.15) is 12.5 Å². The first-order chi connectivity index (χ1) is 15.3. The van der Waals surface area contributed by atoms with E-state index in [1.807, 2.05) is 24.3 Å². The largest absolute Gasteiger partial charge is 0.474 e. The molecule has 2 aliphatic heterocycles. The Labute approximate surface area is 185 Å². The number of hydrogen-bond acceptors (Lipinski definition) is 7. The number of ether oxygens (including phenoxy) is 2. The molecule has 11 heteroatoms. The summed E-state index contributed by atoms with van der Waals surface area (Å²) in [4.78, 5) is 25.3. The van der Waals surface area contributed by atoms with Crippen LogP contribution < -0.4 is 9.64 Å². The molecule has 0 aromatic heterocycles. The first-order valence-corrected chi connectivity index (χ1v) is 11.7. The third kappa shape index (κ3) is 4.18. The Bertz CT molecular complexity index is 1150. The number of benzene rings is 2. The van der Waals surface area contributed by atoms with Gasteiger partial charge in [0.1, 0.15) is 0 Å². The number of nitrogens with zero attached hydrogens (tertiary/aromatic N) is 3. The molecule has 0 bridgehead atoms. The average Bonchev–Trinajstić information content (AvgIpc) is 3.23. The minimum absolute atomic E-state index is 0.163. The number of morpholine rings is 1. The maximum atomic E-state index is 12.9. The summed E-state index contributed by atoms with van der Waals surface area (Å²) in [5.74, 6) is -0.487. The number of para-hydroxylation sites is 1. The van der Waals surface area contributed by atoms with Crippen LogP contribution in [0.4, 0.5) is 11.4 Å². The zero-order chi connectivity index (χ0) is 22.9. The number of carbonyl (C=O) groups excluding carboxylic acids is 1. The van der Waals surface area contributed by atoms with Crippen molar-refractivity contribution in [2.45, 2.75) is 24.3 Å². The van der Waals surface area contributed by atoms with E-state index in [9.17, 15) is 23.3 Å². The molecule has 0 aliphatic carbocycles. The Kier molecular flexibility index (Phi) is 6.13. The van der Waals surface area contributed by atoms with Crippen LogP contribution >= 0.6 is 0 Å². The summed E-state index contributed by atoms with van der Waals surface area (Å²) in [7, 11) is -3.91. The molecule has 0 radical (unpaired) electrons. The topological polar surface area (TPSA) is 119 Å². The monoisotopic (exact) mass is 461 g/mol. The lowest BCUT2D eigenvalue weighted by molar-refractivity contribution is -0.386. The highest BCUT2D eigenvalue weighted by Crippen LogP contribution is 2.33. The van der Waals surface area contributed by atoms with E-state index in [4.69, 9.17) is 9.47 Å². The summed E-state index contributed by atoms with van der Waals surface area (Å²) in [6.07, 6.45) is -0.273. The molecule has 2 aliphatic rings. The van der Waals surface area contributed by atoms with E-state index in [1.54, 1.807) is 4.90 Å². The fourth-order valence-electron chi connectivity index (χ4n) is 3.86. The molecule has 1 fully saturated rings. The predicted molar refractivity (Wildman–Crippen MR) is 115 cm³/mol. The van der Waals surface area contributed by atoms with Crippen molar-refractivity contribution < 1.29 is 27.6 Å². The fourth-order valence-corrected chi connectivity index (χ4v) is 5.29. The molecule has 2 aromatic rings. The average molecular weight is 461 g/mol. The van der Waals surface area contributed by atoms with Crippen molar-refractivity contribution in [1.82, 2.24) is 4.31 Å². The molecule has 170 valence electrons. The molecule has 0 N–H and O–H groups in total. The van der Waals surface area contributed by atoms with E-state index >= 15 is 0 Å². The molecule has 0 saturated carbocycles. The van der Waals surface area contributed by atoms with Crippen LogP contribution in [0, 0.1) is 10.1 Å². The quantitative estimate of drug-likeness (QED) is 0.476. The highest BCUT2D eigenvalue weighted by atomic mass is 32.2. The molecule has 2 aromatic carbocycles. The van der Waals surface area contributed by atoms with Gasteiger partial charge in [0.25, 0.3) is 5.91 Å². The van der Waals surface area contributed by atoms with Gasteiger partial charge in [-0.3, -0.25) is 14.9 Å². The normalized spacial score (nSPS) is 17.6. The third-order valence-electron chi connectivity index (χ3n) is 5.54. The highest BCUT2D eigenvalue weighted by Gasteiger charge is 2.32. The third-order valence-corrected chi connectivity index (χ3v) is 7.43. The van der Waals surface area contributed by atoms with Crippen LogP contribution in [0.25, 0.3) is 0 Å². The van der Waals surface area contributed by atoms with Crippen LogP contribution in [0.15, 0.2) is 47.4 Å². The highest BCUT2D eigenvalue weighted by molar-refractivity contribution is 7.89. The number of fused-ring (bicyclic) bond motifs is 1. The van der Waals surface area contributed by atoms with E-state index < -0.39 is 26.7 Å². The van der Waals surface area contributed by atoms with Gasteiger partial charge in [0.15, 0.2) is 11.9 Å². The minimum Gasteiger partial charge on any atom is -0.474 e. The zero-order valence-electron chi connectivity index (χ0n) is 17.5. The summed E-state index contributed by atoms with van der Waals surface area (Å²) in [5, 5.41) is 11.7. The Morgan fingerprint density at radius 3 is 2.59 bits per heavy atom. The summed E-state index contributed by atoms with van der Waals surface area (Å²) in [5.41, 5.74) is 1.34. The second-order valence-corrected chi connectivity index (χ2v) is 9.47. The molecule has 1 saturated heterocycles. The van der Waals surface area contributed by atoms with Crippen molar-refractivity contribution in [3.05, 3.63) is 58.1 Å². The van der Waals surface area contributed by atoms with Crippen LogP contribution in [0.5, 0.6) is 5.75 Å². The van der Waals surface area contributed by atoms with Crippen molar-refractivity contribution in [3.8, 4) is 5.75 Å². The summed E-state index contributed by atoms with van der Waals surface area (Å²) in [6, 6.07) is 11.0. The van der Waals surface area contributed by atoms with Crippen molar-refractivity contribution in [2.24, 2.45) is 0 Å². The standard InChI is InChI=1S/C21H23N3O7S/c1-15(21(25)23-9-8-16-4-2-3-5-18(16)23)31-20-7-6-17(14-19(20)24(26)27)32(28,29)22-10-12-30-13-11-22/h2-7,14-15H,8-13H2,1H3. The summed E-state index contributed by atoms with van der Waals surface area (Å²) in [6.45, 7) is 2.91.